The Bertz CT molecular complexity index is 304. The van der Waals surface area contributed by atoms with Crippen LogP contribution in [0.2, 0.25) is 0 Å². The molecule has 0 saturated carbocycles. The summed E-state index contributed by atoms with van der Waals surface area (Å²) in [5.41, 5.74) is 1.19. The predicted octanol–water partition coefficient (Wildman–Crippen LogP) is 4.64. The van der Waals surface area contributed by atoms with E-state index in [0.29, 0.717) is 0 Å². The lowest BCUT2D eigenvalue weighted by atomic mass is 10.2. The maximum Gasteiger partial charge on any atom is 0.0484 e. The van der Waals surface area contributed by atoms with Crippen LogP contribution in [0.15, 0.2) is 28.7 Å². The lowest BCUT2D eigenvalue weighted by Gasteiger charge is -2.10. The summed E-state index contributed by atoms with van der Waals surface area (Å²) in [7, 11) is 0. The second-order valence-corrected chi connectivity index (χ2v) is 6.00. The van der Waals surface area contributed by atoms with Crippen molar-refractivity contribution < 1.29 is 0 Å². The quantitative estimate of drug-likeness (QED) is 0.736. The first-order valence-corrected chi connectivity index (χ1v) is 7.75. The fourth-order valence-electron chi connectivity index (χ4n) is 1.26. The minimum absolute atomic E-state index is 0.841. The molecular formula is C13H20BrNS. The number of anilines is 1. The van der Waals surface area contributed by atoms with Crippen LogP contribution >= 0.6 is 27.7 Å². The molecule has 0 radical (unpaired) electrons. The molecule has 1 unspecified atom stereocenters. The molecule has 1 atom stereocenters. The van der Waals surface area contributed by atoms with E-state index in [-0.39, 0.29) is 0 Å². The number of thioether (sulfide) groups is 1. The Morgan fingerprint density at radius 1 is 1.38 bits per heavy atom. The zero-order valence-electron chi connectivity index (χ0n) is 10.0. The summed E-state index contributed by atoms with van der Waals surface area (Å²) in [5, 5.41) is 3.44. The molecule has 0 aliphatic carbocycles. The largest absolute Gasteiger partial charge is 0.383 e. The van der Waals surface area contributed by atoms with Gasteiger partial charge in [-0.25, -0.2) is 0 Å². The van der Waals surface area contributed by atoms with Crippen molar-refractivity contribution in [1.29, 1.82) is 0 Å². The van der Waals surface area contributed by atoms with Gasteiger partial charge in [-0.2, -0.15) is 11.8 Å². The van der Waals surface area contributed by atoms with E-state index in [0.717, 1.165) is 16.9 Å². The van der Waals surface area contributed by atoms with Gasteiger partial charge in [0, 0.05) is 22.5 Å². The van der Waals surface area contributed by atoms with Gasteiger partial charge in [0.05, 0.1) is 0 Å². The van der Waals surface area contributed by atoms with Crippen molar-refractivity contribution in [1.82, 2.24) is 0 Å². The monoisotopic (exact) mass is 301 g/mol. The average Bonchev–Trinajstić information content (AvgIpc) is 2.30. The molecule has 1 rings (SSSR count). The number of rotatable bonds is 7. The molecule has 1 aromatic carbocycles. The summed E-state index contributed by atoms with van der Waals surface area (Å²) in [6, 6.07) is 8.25. The third-order valence-corrected chi connectivity index (χ3v) is 4.52. The van der Waals surface area contributed by atoms with E-state index in [4.69, 9.17) is 0 Å². The van der Waals surface area contributed by atoms with Gasteiger partial charge in [-0.05, 0) is 39.7 Å². The number of halogens is 1. The summed E-state index contributed by atoms with van der Waals surface area (Å²) in [6.07, 6.45) is 1.28. The van der Waals surface area contributed by atoms with Crippen molar-refractivity contribution in [3.63, 3.8) is 0 Å². The molecule has 16 heavy (non-hydrogen) atoms. The zero-order valence-corrected chi connectivity index (χ0v) is 12.4. The number of hydrogen-bond acceptors (Lipinski definition) is 2. The maximum absolute atomic E-state index is 3.53. The van der Waals surface area contributed by atoms with E-state index < -0.39 is 0 Å². The molecule has 0 aliphatic heterocycles. The lowest BCUT2D eigenvalue weighted by Crippen LogP contribution is -2.06. The number of benzene rings is 1. The van der Waals surface area contributed by atoms with Crippen molar-refractivity contribution >= 4 is 33.4 Å². The van der Waals surface area contributed by atoms with Crippen LogP contribution < -0.4 is 5.32 Å². The summed E-state index contributed by atoms with van der Waals surface area (Å²) >= 11 is 5.56. The fourth-order valence-corrected chi connectivity index (χ4v) is 2.74. The molecule has 0 aromatic heterocycles. The summed E-state index contributed by atoms with van der Waals surface area (Å²) in [5.74, 6) is 3.29. The highest BCUT2D eigenvalue weighted by Gasteiger charge is 1.99. The Labute approximate surface area is 112 Å². The van der Waals surface area contributed by atoms with E-state index in [1.165, 1.54) is 23.6 Å². The summed E-state index contributed by atoms with van der Waals surface area (Å²) in [4.78, 5) is 0. The van der Waals surface area contributed by atoms with Gasteiger partial charge in [-0.3, -0.25) is 0 Å². The van der Waals surface area contributed by atoms with E-state index in [9.17, 15) is 0 Å². The highest BCUT2D eigenvalue weighted by molar-refractivity contribution is 9.10. The normalized spacial score (nSPS) is 12.4. The molecule has 1 aromatic rings. The van der Waals surface area contributed by atoms with Crippen molar-refractivity contribution in [2.45, 2.75) is 20.3 Å². The molecule has 1 N–H and O–H groups in total. The van der Waals surface area contributed by atoms with Gasteiger partial charge in [0.2, 0.25) is 0 Å². The van der Waals surface area contributed by atoms with Gasteiger partial charge in [0.15, 0.2) is 0 Å². The molecule has 0 saturated heterocycles. The van der Waals surface area contributed by atoms with Gasteiger partial charge in [-0.15, -0.1) is 0 Å². The first-order chi connectivity index (χ1) is 7.74. The van der Waals surface area contributed by atoms with Gasteiger partial charge in [-0.1, -0.05) is 32.4 Å². The van der Waals surface area contributed by atoms with Crippen LogP contribution in [0.25, 0.3) is 0 Å². The molecule has 1 nitrogen and oxygen atoms in total. The van der Waals surface area contributed by atoms with Crippen LogP contribution in [0.5, 0.6) is 0 Å². The standard InChI is InChI=1S/C13H20BrNS/c1-3-11(2)10-16-9-8-15-13-7-5-4-6-12(13)14/h4-7,11,15H,3,8-10H2,1-2H3. The highest BCUT2D eigenvalue weighted by atomic mass is 79.9. The molecule has 0 bridgehead atoms. The Kier molecular flexibility index (Phi) is 6.97. The van der Waals surface area contributed by atoms with Crippen LogP contribution in [0.1, 0.15) is 20.3 Å². The molecule has 0 spiro atoms. The first-order valence-electron chi connectivity index (χ1n) is 5.80. The molecule has 0 heterocycles. The number of hydrogen-bond donors (Lipinski definition) is 1. The van der Waals surface area contributed by atoms with E-state index in [1.807, 2.05) is 17.8 Å². The van der Waals surface area contributed by atoms with Crippen LogP contribution in [0, 0.1) is 5.92 Å². The van der Waals surface area contributed by atoms with Gasteiger partial charge >= 0.3 is 0 Å². The topological polar surface area (TPSA) is 12.0 Å². The Morgan fingerprint density at radius 3 is 2.81 bits per heavy atom. The third-order valence-electron chi connectivity index (χ3n) is 2.53. The average molecular weight is 302 g/mol. The van der Waals surface area contributed by atoms with E-state index >= 15 is 0 Å². The minimum atomic E-state index is 0.841. The Hall–Kier alpha value is -0.150. The minimum Gasteiger partial charge on any atom is -0.383 e. The molecular weight excluding hydrogens is 282 g/mol. The van der Waals surface area contributed by atoms with Crippen molar-refractivity contribution in [2.24, 2.45) is 5.92 Å². The van der Waals surface area contributed by atoms with Crippen LogP contribution in [0.3, 0.4) is 0 Å². The van der Waals surface area contributed by atoms with Crippen LogP contribution in [0.4, 0.5) is 5.69 Å². The lowest BCUT2D eigenvalue weighted by molar-refractivity contribution is 0.637. The maximum atomic E-state index is 3.53. The van der Waals surface area contributed by atoms with E-state index in [2.05, 4.69) is 53.3 Å². The van der Waals surface area contributed by atoms with Crippen molar-refractivity contribution in [3.8, 4) is 0 Å². The highest BCUT2D eigenvalue weighted by Crippen LogP contribution is 2.21. The molecule has 90 valence electrons. The van der Waals surface area contributed by atoms with Crippen molar-refractivity contribution in [2.75, 3.05) is 23.4 Å². The van der Waals surface area contributed by atoms with Gasteiger partial charge < -0.3 is 5.32 Å². The van der Waals surface area contributed by atoms with Crippen LogP contribution in [-0.4, -0.2) is 18.1 Å². The first kappa shape index (κ1) is 13.9. The van der Waals surface area contributed by atoms with Crippen LogP contribution in [-0.2, 0) is 0 Å². The van der Waals surface area contributed by atoms with Gasteiger partial charge in [0.1, 0.15) is 0 Å². The third kappa shape index (κ3) is 5.26. The molecule has 3 heteroatoms. The predicted molar refractivity (Wildman–Crippen MR) is 79.4 cm³/mol. The SMILES string of the molecule is CCC(C)CSCCNc1ccccc1Br. The van der Waals surface area contributed by atoms with Crippen molar-refractivity contribution in [3.05, 3.63) is 28.7 Å². The smallest absolute Gasteiger partial charge is 0.0484 e. The Morgan fingerprint density at radius 2 is 2.12 bits per heavy atom. The summed E-state index contributed by atoms with van der Waals surface area (Å²) < 4.78 is 1.14. The number of nitrogens with one attached hydrogen (secondary N) is 1. The number of para-hydroxylation sites is 1. The molecule has 0 aliphatic rings. The fraction of sp³-hybridized carbons (Fsp3) is 0.538. The second kappa shape index (κ2) is 8.02. The summed E-state index contributed by atoms with van der Waals surface area (Å²) in [6.45, 7) is 5.60. The molecule has 0 amide bonds. The Balaban J connectivity index is 2.14. The van der Waals surface area contributed by atoms with Gasteiger partial charge in [0.25, 0.3) is 0 Å². The second-order valence-electron chi connectivity index (χ2n) is 3.99. The van der Waals surface area contributed by atoms with E-state index in [1.54, 1.807) is 0 Å². The molecule has 0 fully saturated rings. The zero-order chi connectivity index (χ0) is 11.8.